The van der Waals surface area contributed by atoms with Gasteiger partial charge in [-0.3, -0.25) is 19.9 Å². The molecule has 1 aromatic rings. The zero-order chi connectivity index (χ0) is 20.3. The largest absolute Gasteiger partial charge is 0.458 e. The van der Waals surface area contributed by atoms with Gasteiger partial charge in [-0.05, 0) is 18.2 Å². The van der Waals surface area contributed by atoms with Crippen molar-refractivity contribution in [3.05, 3.63) is 83.2 Å². The average Bonchev–Trinajstić information content (AvgIpc) is 2.60. The van der Waals surface area contributed by atoms with Crippen molar-refractivity contribution in [1.29, 1.82) is 0 Å². The van der Waals surface area contributed by atoms with Crippen molar-refractivity contribution in [3.63, 3.8) is 0 Å². The molecule has 26 heavy (non-hydrogen) atoms. The van der Waals surface area contributed by atoms with Gasteiger partial charge in [0.15, 0.2) is 0 Å². The number of rotatable bonds is 7. The Hall–Kier alpha value is -3.42. The van der Waals surface area contributed by atoms with Crippen LogP contribution in [0.25, 0.3) is 0 Å². The summed E-state index contributed by atoms with van der Waals surface area (Å²) in [6.45, 7) is 11.8. The number of nitro groups is 1. The Morgan fingerprint density at radius 2 is 2.04 bits per heavy atom. The predicted octanol–water partition coefficient (Wildman–Crippen LogP) is 2.43. The van der Waals surface area contributed by atoms with E-state index < -0.39 is 4.92 Å². The normalized spacial score (nSPS) is 10.4. The number of amides is 1. The molecule has 0 bridgehead atoms. The Labute approximate surface area is 153 Å². The fourth-order valence-electron chi connectivity index (χ4n) is 1.38. The molecular formula is C18H24N4O4. The summed E-state index contributed by atoms with van der Waals surface area (Å²) in [6.07, 6.45) is 4.62. The highest BCUT2D eigenvalue weighted by atomic mass is 16.6. The summed E-state index contributed by atoms with van der Waals surface area (Å²) in [5.41, 5.74) is 5.85. The highest BCUT2D eigenvalue weighted by molar-refractivity contribution is 5.77. The zero-order valence-corrected chi connectivity index (χ0v) is 15.3. The fourth-order valence-corrected chi connectivity index (χ4v) is 1.38. The molecule has 0 unspecified atom stereocenters. The maximum absolute atomic E-state index is 11.5. The lowest BCUT2D eigenvalue weighted by Gasteiger charge is -2.10. The van der Waals surface area contributed by atoms with Crippen LogP contribution >= 0.6 is 0 Å². The summed E-state index contributed by atoms with van der Waals surface area (Å²) in [5.74, 6) is 1.06. The molecule has 0 aromatic carbocycles. The van der Waals surface area contributed by atoms with Crippen LogP contribution < -0.4 is 10.5 Å². The van der Waals surface area contributed by atoms with Gasteiger partial charge in [0.1, 0.15) is 17.2 Å². The van der Waals surface area contributed by atoms with Crippen molar-refractivity contribution < 1.29 is 14.5 Å². The Morgan fingerprint density at radius 1 is 1.42 bits per heavy atom. The first-order chi connectivity index (χ1) is 12.1. The number of nitrogens with zero attached hydrogens (tertiary/aromatic N) is 3. The monoisotopic (exact) mass is 360 g/mol. The van der Waals surface area contributed by atoms with Gasteiger partial charge in [-0.1, -0.05) is 19.7 Å². The lowest BCUT2D eigenvalue weighted by molar-refractivity contribution is -0.425. The van der Waals surface area contributed by atoms with Gasteiger partial charge >= 0.3 is 0 Å². The Balaban J connectivity index is 0.000000590. The Bertz CT molecular complexity index is 724. The van der Waals surface area contributed by atoms with E-state index in [-0.39, 0.29) is 23.7 Å². The molecule has 0 aliphatic rings. The number of hydrogen-bond donors (Lipinski definition) is 1. The van der Waals surface area contributed by atoms with Crippen LogP contribution in [-0.2, 0) is 11.2 Å². The number of likely N-dealkylation sites (N-methyl/N-ethyl adjacent to an activating group) is 1. The molecule has 0 aliphatic heterocycles. The molecule has 1 rings (SSSR count). The third-order valence-electron chi connectivity index (χ3n) is 3.01. The van der Waals surface area contributed by atoms with E-state index in [0.29, 0.717) is 17.2 Å². The molecule has 0 fully saturated rings. The number of pyridine rings is 1. The fraction of sp³-hybridized carbons (Fsp3) is 0.222. The Morgan fingerprint density at radius 3 is 2.46 bits per heavy atom. The molecule has 0 aliphatic carbocycles. The molecule has 0 saturated heterocycles. The molecule has 8 heteroatoms. The third-order valence-corrected chi connectivity index (χ3v) is 3.01. The molecule has 140 valence electrons. The quantitative estimate of drug-likeness (QED) is 0.346. The summed E-state index contributed by atoms with van der Waals surface area (Å²) >= 11 is 0. The van der Waals surface area contributed by atoms with E-state index in [1.54, 1.807) is 32.4 Å². The van der Waals surface area contributed by atoms with Crippen molar-refractivity contribution in [2.75, 3.05) is 14.1 Å². The van der Waals surface area contributed by atoms with Gasteiger partial charge in [0.2, 0.25) is 5.91 Å². The SMILES string of the molecule is C=C/C(N)=C(\C)[N+](=O)[O-].C=CC(=C)Oc1ccnc(CC(=O)N(C)C)c1. The first kappa shape index (κ1) is 22.6. The maximum atomic E-state index is 11.5. The number of carbonyl (C=O) groups excluding carboxylic acids is 1. The van der Waals surface area contributed by atoms with Crippen LogP contribution in [0.2, 0.25) is 0 Å². The van der Waals surface area contributed by atoms with E-state index in [9.17, 15) is 14.9 Å². The second-order valence-corrected chi connectivity index (χ2v) is 5.22. The van der Waals surface area contributed by atoms with Crippen molar-refractivity contribution in [1.82, 2.24) is 9.88 Å². The van der Waals surface area contributed by atoms with Gasteiger partial charge in [-0.2, -0.15) is 0 Å². The van der Waals surface area contributed by atoms with E-state index in [4.69, 9.17) is 10.5 Å². The summed E-state index contributed by atoms with van der Waals surface area (Å²) in [5, 5.41) is 9.92. The average molecular weight is 360 g/mol. The van der Waals surface area contributed by atoms with Crippen LogP contribution in [0.5, 0.6) is 5.75 Å². The predicted molar refractivity (Wildman–Crippen MR) is 101 cm³/mol. The molecule has 0 saturated carbocycles. The van der Waals surface area contributed by atoms with E-state index in [2.05, 4.69) is 24.7 Å². The third kappa shape index (κ3) is 8.44. The molecule has 0 atom stereocenters. The van der Waals surface area contributed by atoms with Crippen LogP contribution in [0.15, 0.2) is 67.4 Å². The van der Waals surface area contributed by atoms with Gasteiger partial charge in [-0.25, -0.2) is 0 Å². The molecule has 0 radical (unpaired) electrons. The number of nitrogens with two attached hydrogens (primary N) is 1. The molecule has 8 nitrogen and oxygen atoms in total. The summed E-state index contributed by atoms with van der Waals surface area (Å²) < 4.78 is 5.37. The second kappa shape index (κ2) is 11.2. The van der Waals surface area contributed by atoms with E-state index in [0.717, 1.165) is 0 Å². The smallest absolute Gasteiger partial charge is 0.265 e. The first-order valence-corrected chi connectivity index (χ1v) is 7.49. The van der Waals surface area contributed by atoms with Crippen LogP contribution in [-0.4, -0.2) is 34.8 Å². The lowest BCUT2D eigenvalue weighted by atomic mass is 10.2. The van der Waals surface area contributed by atoms with E-state index in [1.807, 2.05) is 0 Å². The van der Waals surface area contributed by atoms with Crippen LogP contribution in [0.1, 0.15) is 12.6 Å². The second-order valence-electron chi connectivity index (χ2n) is 5.22. The summed E-state index contributed by atoms with van der Waals surface area (Å²) in [7, 11) is 3.42. The number of allylic oxidation sites excluding steroid dienone is 3. The standard InChI is InChI=1S/C13H16N2O2.C5H8N2O2/c1-5-10(2)17-12-6-7-14-11(8-12)9-13(16)15(3)4;1-3-5(6)4(2)7(8)9/h5-8H,1-2,9H2,3-4H3;3H,1,6H2,2H3/b;5-4-. The topological polar surface area (TPSA) is 112 Å². The van der Waals surface area contributed by atoms with Crippen LogP contribution in [0, 0.1) is 10.1 Å². The van der Waals surface area contributed by atoms with E-state index in [1.165, 1.54) is 24.0 Å². The van der Waals surface area contributed by atoms with Gasteiger partial charge in [0.05, 0.1) is 17.0 Å². The maximum Gasteiger partial charge on any atom is 0.265 e. The molecule has 2 N–H and O–H groups in total. The summed E-state index contributed by atoms with van der Waals surface area (Å²) in [6, 6.07) is 3.42. The van der Waals surface area contributed by atoms with Crippen molar-refractivity contribution in [2.24, 2.45) is 5.73 Å². The van der Waals surface area contributed by atoms with Crippen LogP contribution in [0.4, 0.5) is 0 Å². The van der Waals surface area contributed by atoms with Crippen molar-refractivity contribution in [3.8, 4) is 5.75 Å². The minimum absolute atomic E-state index is 0.00260. The van der Waals surface area contributed by atoms with Gasteiger partial charge < -0.3 is 15.4 Å². The highest BCUT2D eigenvalue weighted by Gasteiger charge is 2.07. The number of ether oxygens (including phenoxy) is 1. The van der Waals surface area contributed by atoms with Gasteiger partial charge in [-0.15, -0.1) is 0 Å². The van der Waals surface area contributed by atoms with Crippen molar-refractivity contribution >= 4 is 5.91 Å². The molecular weight excluding hydrogens is 336 g/mol. The lowest BCUT2D eigenvalue weighted by Crippen LogP contribution is -2.23. The molecule has 1 heterocycles. The number of aromatic nitrogens is 1. The first-order valence-electron chi connectivity index (χ1n) is 7.49. The van der Waals surface area contributed by atoms with Gasteiger partial charge in [0, 0.05) is 33.3 Å². The summed E-state index contributed by atoms with van der Waals surface area (Å²) in [4.78, 5) is 26.5. The number of hydrogen-bond acceptors (Lipinski definition) is 6. The number of carbonyl (C=O) groups is 1. The highest BCUT2D eigenvalue weighted by Crippen LogP contribution is 2.14. The van der Waals surface area contributed by atoms with E-state index >= 15 is 0 Å². The minimum Gasteiger partial charge on any atom is -0.458 e. The molecule has 1 aromatic heterocycles. The Kier molecular flexibility index (Phi) is 9.72. The molecule has 0 spiro atoms. The zero-order valence-electron chi connectivity index (χ0n) is 15.3. The van der Waals surface area contributed by atoms with Gasteiger partial charge in [0.25, 0.3) is 5.70 Å². The minimum atomic E-state index is -0.545. The molecule has 1 amide bonds. The van der Waals surface area contributed by atoms with Crippen molar-refractivity contribution in [2.45, 2.75) is 13.3 Å². The van der Waals surface area contributed by atoms with Crippen LogP contribution in [0.3, 0.4) is 0 Å².